The summed E-state index contributed by atoms with van der Waals surface area (Å²) in [6.07, 6.45) is 0.240. The molecule has 0 amide bonds. The average Bonchev–Trinajstić information content (AvgIpc) is 2.39. The van der Waals surface area contributed by atoms with E-state index in [4.69, 9.17) is 4.74 Å². The van der Waals surface area contributed by atoms with Crippen LogP contribution in [-0.4, -0.2) is 41.8 Å². The maximum absolute atomic E-state index is 13.1. The number of aliphatic hydroxyl groups excluding tert-OH is 1. The van der Waals surface area contributed by atoms with E-state index < -0.39 is 6.10 Å². The van der Waals surface area contributed by atoms with E-state index in [2.05, 4.69) is 18.7 Å². The van der Waals surface area contributed by atoms with Crippen molar-refractivity contribution < 1.29 is 14.2 Å². The molecule has 1 saturated heterocycles. The van der Waals surface area contributed by atoms with Crippen LogP contribution in [0.4, 0.5) is 4.39 Å². The van der Waals surface area contributed by atoms with Crippen LogP contribution in [0.2, 0.25) is 0 Å². The molecule has 0 aliphatic carbocycles. The Morgan fingerprint density at radius 2 is 2.26 bits per heavy atom. The lowest BCUT2D eigenvalue weighted by molar-refractivity contribution is -0.0527. The molecule has 3 atom stereocenters. The second-order valence-electron chi connectivity index (χ2n) is 5.35. The van der Waals surface area contributed by atoms with Crippen LogP contribution in [0.1, 0.15) is 31.9 Å². The number of benzene rings is 1. The summed E-state index contributed by atoms with van der Waals surface area (Å²) in [6.45, 7) is 6.60. The fourth-order valence-electron chi connectivity index (χ4n) is 2.45. The van der Waals surface area contributed by atoms with E-state index in [1.807, 2.05) is 0 Å². The number of aliphatic hydroxyl groups is 1. The summed E-state index contributed by atoms with van der Waals surface area (Å²) in [5.74, 6) is -0.301. The molecule has 19 heavy (non-hydrogen) atoms. The van der Waals surface area contributed by atoms with Gasteiger partial charge in [0.15, 0.2) is 0 Å². The molecular weight excluding hydrogens is 245 g/mol. The largest absolute Gasteiger partial charge is 0.388 e. The van der Waals surface area contributed by atoms with Gasteiger partial charge in [-0.15, -0.1) is 0 Å². The molecule has 0 radical (unpaired) electrons. The number of halogens is 1. The second-order valence-corrected chi connectivity index (χ2v) is 5.35. The van der Waals surface area contributed by atoms with Gasteiger partial charge < -0.3 is 9.84 Å². The molecule has 3 nitrogen and oxygen atoms in total. The number of rotatable bonds is 4. The molecule has 3 unspecified atom stereocenters. The molecule has 1 aromatic rings. The van der Waals surface area contributed by atoms with Gasteiger partial charge >= 0.3 is 0 Å². The fourth-order valence-corrected chi connectivity index (χ4v) is 2.45. The molecule has 0 saturated carbocycles. The van der Waals surface area contributed by atoms with Gasteiger partial charge in [0.1, 0.15) is 5.82 Å². The highest BCUT2D eigenvalue weighted by molar-refractivity contribution is 5.18. The zero-order chi connectivity index (χ0) is 13.8. The van der Waals surface area contributed by atoms with Gasteiger partial charge in [0.05, 0.1) is 18.8 Å². The SMILES string of the molecule is CC1CN(CCC(O)c2cccc(F)c2)C(C)CO1. The van der Waals surface area contributed by atoms with Crippen LogP contribution in [0.15, 0.2) is 24.3 Å². The summed E-state index contributed by atoms with van der Waals surface area (Å²) in [5, 5.41) is 10.1. The standard InChI is InChI=1S/C15H22FNO2/c1-11-10-19-12(2)9-17(11)7-6-15(18)13-4-3-5-14(16)8-13/h3-5,8,11-12,15,18H,6-7,9-10H2,1-2H3. The van der Waals surface area contributed by atoms with Crippen molar-refractivity contribution in [1.29, 1.82) is 0 Å². The molecule has 1 aliphatic rings. The van der Waals surface area contributed by atoms with Crippen LogP contribution in [0.5, 0.6) is 0 Å². The number of hydrogen-bond acceptors (Lipinski definition) is 3. The molecule has 2 rings (SSSR count). The molecule has 1 heterocycles. The van der Waals surface area contributed by atoms with Gasteiger partial charge in [-0.3, -0.25) is 4.90 Å². The van der Waals surface area contributed by atoms with Crippen molar-refractivity contribution in [3.63, 3.8) is 0 Å². The lowest BCUT2D eigenvalue weighted by Crippen LogP contribution is -2.47. The van der Waals surface area contributed by atoms with Gasteiger partial charge in [-0.2, -0.15) is 0 Å². The highest BCUT2D eigenvalue weighted by atomic mass is 19.1. The van der Waals surface area contributed by atoms with Crippen LogP contribution in [0.3, 0.4) is 0 Å². The van der Waals surface area contributed by atoms with Gasteiger partial charge in [-0.1, -0.05) is 12.1 Å². The third-order valence-corrected chi connectivity index (χ3v) is 3.66. The minimum atomic E-state index is -0.610. The monoisotopic (exact) mass is 267 g/mol. The maximum atomic E-state index is 13.1. The normalized spacial score (nSPS) is 26.3. The summed E-state index contributed by atoms with van der Waals surface area (Å²) in [7, 11) is 0. The van der Waals surface area contributed by atoms with E-state index >= 15 is 0 Å². The maximum Gasteiger partial charge on any atom is 0.123 e. The van der Waals surface area contributed by atoms with Gasteiger partial charge in [-0.25, -0.2) is 4.39 Å². The molecule has 106 valence electrons. The van der Waals surface area contributed by atoms with Gasteiger partial charge in [0, 0.05) is 19.1 Å². The summed E-state index contributed by atoms with van der Waals surface area (Å²) < 4.78 is 18.7. The van der Waals surface area contributed by atoms with Crippen molar-refractivity contribution in [2.75, 3.05) is 19.7 Å². The van der Waals surface area contributed by atoms with Crippen molar-refractivity contribution in [2.24, 2.45) is 0 Å². The summed E-state index contributed by atoms with van der Waals surface area (Å²) in [5.41, 5.74) is 0.647. The number of nitrogens with zero attached hydrogens (tertiary/aromatic N) is 1. The third-order valence-electron chi connectivity index (χ3n) is 3.66. The first-order valence-corrected chi connectivity index (χ1v) is 6.85. The van der Waals surface area contributed by atoms with E-state index in [0.29, 0.717) is 18.0 Å². The Morgan fingerprint density at radius 1 is 1.47 bits per heavy atom. The van der Waals surface area contributed by atoms with Crippen molar-refractivity contribution in [3.05, 3.63) is 35.6 Å². The summed E-state index contributed by atoms with van der Waals surface area (Å²) >= 11 is 0. The molecule has 4 heteroatoms. The lowest BCUT2D eigenvalue weighted by atomic mass is 10.1. The molecule has 1 aromatic carbocycles. The number of ether oxygens (including phenoxy) is 1. The smallest absolute Gasteiger partial charge is 0.123 e. The highest BCUT2D eigenvalue weighted by Gasteiger charge is 2.23. The van der Waals surface area contributed by atoms with E-state index in [0.717, 1.165) is 19.7 Å². The minimum Gasteiger partial charge on any atom is -0.388 e. The molecule has 0 bridgehead atoms. The quantitative estimate of drug-likeness (QED) is 0.909. The van der Waals surface area contributed by atoms with Crippen LogP contribution in [-0.2, 0) is 4.74 Å². The highest BCUT2D eigenvalue weighted by Crippen LogP contribution is 2.20. The Morgan fingerprint density at radius 3 is 3.00 bits per heavy atom. The van der Waals surface area contributed by atoms with E-state index in [1.54, 1.807) is 12.1 Å². The van der Waals surface area contributed by atoms with E-state index in [-0.39, 0.29) is 11.9 Å². The predicted octanol–water partition coefficient (Wildman–Crippen LogP) is 2.36. The first kappa shape index (κ1) is 14.4. The minimum absolute atomic E-state index is 0.238. The molecule has 1 aliphatic heterocycles. The summed E-state index contributed by atoms with van der Waals surface area (Å²) in [6, 6.07) is 6.56. The van der Waals surface area contributed by atoms with Crippen molar-refractivity contribution in [1.82, 2.24) is 4.90 Å². The van der Waals surface area contributed by atoms with Crippen LogP contribution >= 0.6 is 0 Å². The third kappa shape index (κ3) is 4.00. The number of hydrogen-bond donors (Lipinski definition) is 1. The fraction of sp³-hybridized carbons (Fsp3) is 0.600. The molecular formula is C15H22FNO2. The Balaban J connectivity index is 1.87. The second kappa shape index (κ2) is 6.46. The van der Waals surface area contributed by atoms with Gasteiger partial charge in [-0.05, 0) is 38.0 Å². The first-order chi connectivity index (χ1) is 9.06. The molecule has 1 fully saturated rings. The first-order valence-electron chi connectivity index (χ1n) is 6.85. The number of morpholine rings is 1. The topological polar surface area (TPSA) is 32.7 Å². The average molecular weight is 267 g/mol. The summed E-state index contributed by atoms with van der Waals surface area (Å²) in [4.78, 5) is 2.32. The molecule has 0 aromatic heterocycles. The van der Waals surface area contributed by atoms with Crippen molar-refractivity contribution in [2.45, 2.75) is 38.5 Å². The van der Waals surface area contributed by atoms with E-state index in [9.17, 15) is 9.50 Å². The molecule has 0 spiro atoms. The van der Waals surface area contributed by atoms with Crippen LogP contribution < -0.4 is 0 Å². The van der Waals surface area contributed by atoms with Gasteiger partial charge in [0.2, 0.25) is 0 Å². The Hall–Kier alpha value is -0.970. The van der Waals surface area contributed by atoms with Gasteiger partial charge in [0.25, 0.3) is 0 Å². The zero-order valence-corrected chi connectivity index (χ0v) is 11.6. The van der Waals surface area contributed by atoms with Crippen molar-refractivity contribution in [3.8, 4) is 0 Å². The lowest BCUT2D eigenvalue weighted by Gasteiger charge is -2.37. The zero-order valence-electron chi connectivity index (χ0n) is 11.6. The van der Waals surface area contributed by atoms with Crippen molar-refractivity contribution >= 4 is 0 Å². The van der Waals surface area contributed by atoms with Crippen LogP contribution in [0, 0.1) is 5.82 Å². The molecule has 1 N–H and O–H groups in total. The van der Waals surface area contributed by atoms with Crippen LogP contribution in [0.25, 0.3) is 0 Å². The Labute approximate surface area is 114 Å². The Bertz CT molecular complexity index is 413. The predicted molar refractivity (Wildman–Crippen MR) is 72.4 cm³/mol. The van der Waals surface area contributed by atoms with E-state index in [1.165, 1.54) is 12.1 Å². The Kier molecular flexibility index (Phi) is 4.91.